The summed E-state index contributed by atoms with van der Waals surface area (Å²) in [6, 6.07) is 0. The molecule has 0 radical (unpaired) electrons. The lowest BCUT2D eigenvalue weighted by atomic mass is 10.1. The Bertz CT molecular complexity index is 671. The summed E-state index contributed by atoms with van der Waals surface area (Å²) in [6.07, 6.45) is 5.33. The molecule has 2 fully saturated rings. The predicted molar refractivity (Wildman–Crippen MR) is 73.3 cm³/mol. The van der Waals surface area contributed by atoms with Crippen LogP contribution in [-0.2, 0) is 14.2 Å². The number of fused-ring (bicyclic) bond motifs is 2. The third kappa shape index (κ3) is 1.96. The molecule has 4 heterocycles. The van der Waals surface area contributed by atoms with E-state index < -0.39 is 5.79 Å². The van der Waals surface area contributed by atoms with Gasteiger partial charge >= 0.3 is 0 Å². The predicted octanol–water partition coefficient (Wildman–Crippen LogP) is 1.65. The van der Waals surface area contributed by atoms with Gasteiger partial charge in [0.15, 0.2) is 17.7 Å². The Hall–Kier alpha value is -1.57. The maximum atomic E-state index is 6.14. The number of nitrogens with zero attached hydrogens (tertiary/aromatic N) is 4. The van der Waals surface area contributed by atoms with Crippen molar-refractivity contribution in [2.75, 3.05) is 0 Å². The third-order valence-corrected chi connectivity index (χ3v) is 4.04. The van der Waals surface area contributed by atoms with Crippen molar-refractivity contribution in [1.29, 1.82) is 0 Å². The Morgan fingerprint density at radius 2 is 2.05 bits per heavy atom. The summed E-state index contributed by atoms with van der Waals surface area (Å²) >= 11 is 0. The molecule has 0 amide bonds. The van der Waals surface area contributed by atoms with Gasteiger partial charge in [-0.25, -0.2) is 15.0 Å². The minimum Gasteiger partial charge on any atom is -0.349 e. The largest absolute Gasteiger partial charge is 0.349 e. The van der Waals surface area contributed by atoms with E-state index in [1.54, 1.807) is 12.5 Å². The number of hydrogen-bond donors (Lipinski definition) is 0. The van der Waals surface area contributed by atoms with E-state index >= 15 is 0 Å². The Labute approximate surface area is 122 Å². The highest BCUT2D eigenvalue weighted by Crippen LogP contribution is 2.44. The van der Waals surface area contributed by atoms with Crippen molar-refractivity contribution in [2.45, 2.75) is 57.5 Å². The minimum absolute atomic E-state index is 0.0149. The van der Waals surface area contributed by atoms with Crippen LogP contribution in [0.3, 0.4) is 0 Å². The van der Waals surface area contributed by atoms with E-state index in [0.717, 1.165) is 17.6 Å². The maximum Gasteiger partial charge on any atom is 0.166 e. The lowest BCUT2D eigenvalue weighted by molar-refractivity contribution is -0.196. The molecule has 2 aromatic heterocycles. The first kappa shape index (κ1) is 13.1. The Balaban J connectivity index is 1.75. The van der Waals surface area contributed by atoms with Crippen molar-refractivity contribution in [2.24, 2.45) is 0 Å². The van der Waals surface area contributed by atoms with Crippen LogP contribution in [-0.4, -0.2) is 43.6 Å². The van der Waals surface area contributed by atoms with Crippen LogP contribution < -0.4 is 0 Å². The second kappa shape index (κ2) is 4.46. The van der Waals surface area contributed by atoms with Crippen LogP contribution in [0.2, 0.25) is 0 Å². The van der Waals surface area contributed by atoms with Crippen molar-refractivity contribution in [1.82, 2.24) is 19.5 Å². The van der Waals surface area contributed by atoms with Gasteiger partial charge in [-0.05, 0) is 20.3 Å². The lowest BCUT2D eigenvalue weighted by Gasteiger charge is -2.24. The monoisotopic (exact) mass is 290 g/mol. The van der Waals surface area contributed by atoms with E-state index in [1.165, 1.54) is 6.33 Å². The number of rotatable bonds is 2. The average molecular weight is 290 g/mol. The molecule has 2 aliphatic heterocycles. The highest BCUT2D eigenvalue weighted by atomic mass is 16.8. The standard InChI is InChI=1S/C14H18N4O3/c1-4-9-10-11(21-14(2,3)20-10)13(19-9)18-7-17-8-5-15-6-16-12(8)18/h5-7,9-11,13H,4H2,1-3H3/t9-,10+,11?,13-/m1/s1. The van der Waals surface area contributed by atoms with E-state index in [0.29, 0.717) is 0 Å². The zero-order valence-electron chi connectivity index (χ0n) is 12.3. The van der Waals surface area contributed by atoms with Crippen LogP contribution in [0.25, 0.3) is 11.2 Å². The molecule has 7 heteroatoms. The first-order valence-electron chi connectivity index (χ1n) is 7.23. The Morgan fingerprint density at radius 1 is 1.24 bits per heavy atom. The van der Waals surface area contributed by atoms with E-state index in [4.69, 9.17) is 14.2 Å². The quantitative estimate of drug-likeness (QED) is 0.837. The molecule has 0 aliphatic carbocycles. The fraction of sp³-hybridized carbons (Fsp3) is 0.643. The first-order valence-corrected chi connectivity index (χ1v) is 7.23. The van der Waals surface area contributed by atoms with E-state index in [2.05, 4.69) is 21.9 Å². The summed E-state index contributed by atoms with van der Waals surface area (Å²) < 4.78 is 20.1. The average Bonchev–Trinajstić information content (AvgIpc) is 3.09. The van der Waals surface area contributed by atoms with Gasteiger partial charge in [0.2, 0.25) is 0 Å². The van der Waals surface area contributed by atoms with Gasteiger partial charge in [0, 0.05) is 0 Å². The molecule has 2 saturated heterocycles. The molecule has 0 aromatic carbocycles. The SMILES string of the molecule is CC[C@H]1O[C@@H](n2cnc3cncnc32)C2OC(C)(C)O[C@H]21. The van der Waals surface area contributed by atoms with E-state index in [1.807, 2.05) is 18.4 Å². The van der Waals surface area contributed by atoms with Crippen molar-refractivity contribution >= 4 is 11.2 Å². The van der Waals surface area contributed by atoms with Crippen LogP contribution >= 0.6 is 0 Å². The molecule has 0 saturated carbocycles. The number of imidazole rings is 1. The molecule has 4 atom stereocenters. The Morgan fingerprint density at radius 3 is 2.86 bits per heavy atom. The molecule has 21 heavy (non-hydrogen) atoms. The highest BCUT2D eigenvalue weighted by Gasteiger charge is 2.55. The second-order valence-electron chi connectivity index (χ2n) is 5.92. The van der Waals surface area contributed by atoms with Gasteiger partial charge in [-0.15, -0.1) is 0 Å². The van der Waals surface area contributed by atoms with Gasteiger partial charge in [-0.3, -0.25) is 4.57 Å². The van der Waals surface area contributed by atoms with Crippen LogP contribution in [0.5, 0.6) is 0 Å². The summed E-state index contributed by atoms with van der Waals surface area (Å²) in [5.74, 6) is -0.587. The minimum atomic E-state index is -0.587. The Kier molecular flexibility index (Phi) is 2.79. The van der Waals surface area contributed by atoms with Crippen LogP contribution in [0.4, 0.5) is 0 Å². The third-order valence-electron chi connectivity index (χ3n) is 4.04. The lowest BCUT2D eigenvalue weighted by Crippen LogP contribution is -2.28. The summed E-state index contributed by atoms with van der Waals surface area (Å²) in [5.41, 5.74) is 1.49. The molecular formula is C14H18N4O3. The molecule has 0 spiro atoms. The molecule has 2 aromatic rings. The van der Waals surface area contributed by atoms with Crippen molar-refractivity contribution < 1.29 is 14.2 Å². The van der Waals surface area contributed by atoms with Crippen molar-refractivity contribution in [3.05, 3.63) is 18.9 Å². The van der Waals surface area contributed by atoms with Crippen LogP contribution in [0.1, 0.15) is 33.4 Å². The normalized spacial score (nSPS) is 34.4. The topological polar surface area (TPSA) is 71.3 Å². The fourth-order valence-corrected chi connectivity index (χ4v) is 3.18. The summed E-state index contributed by atoms with van der Waals surface area (Å²) in [6.45, 7) is 5.96. The van der Waals surface area contributed by atoms with Gasteiger partial charge < -0.3 is 14.2 Å². The highest BCUT2D eigenvalue weighted by molar-refractivity contribution is 5.69. The fourth-order valence-electron chi connectivity index (χ4n) is 3.18. The summed E-state index contributed by atoms with van der Waals surface area (Å²) in [7, 11) is 0. The van der Waals surface area contributed by atoms with Crippen molar-refractivity contribution in [3.63, 3.8) is 0 Å². The molecule has 2 aliphatic rings. The van der Waals surface area contributed by atoms with Crippen LogP contribution in [0.15, 0.2) is 18.9 Å². The van der Waals surface area contributed by atoms with E-state index in [9.17, 15) is 0 Å². The molecular weight excluding hydrogens is 272 g/mol. The number of ether oxygens (including phenoxy) is 3. The summed E-state index contributed by atoms with van der Waals surface area (Å²) in [5, 5.41) is 0. The zero-order valence-corrected chi connectivity index (χ0v) is 12.3. The van der Waals surface area contributed by atoms with Crippen LogP contribution in [0, 0.1) is 0 Å². The van der Waals surface area contributed by atoms with Gasteiger partial charge in [0.1, 0.15) is 24.1 Å². The first-order chi connectivity index (χ1) is 10.1. The van der Waals surface area contributed by atoms with Gasteiger partial charge in [-0.1, -0.05) is 6.92 Å². The van der Waals surface area contributed by atoms with Gasteiger partial charge in [-0.2, -0.15) is 0 Å². The molecule has 4 rings (SSSR count). The number of hydrogen-bond acceptors (Lipinski definition) is 6. The molecule has 7 nitrogen and oxygen atoms in total. The molecule has 0 N–H and O–H groups in total. The molecule has 1 unspecified atom stereocenters. The van der Waals surface area contributed by atoms with Gasteiger partial charge in [0.05, 0.1) is 18.6 Å². The van der Waals surface area contributed by atoms with E-state index in [-0.39, 0.29) is 24.5 Å². The molecule has 112 valence electrons. The van der Waals surface area contributed by atoms with Crippen molar-refractivity contribution in [3.8, 4) is 0 Å². The smallest absolute Gasteiger partial charge is 0.166 e. The summed E-state index contributed by atoms with van der Waals surface area (Å²) in [4.78, 5) is 12.6. The second-order valence-corrected chi connectivity index (χ2v) is 5.92. The molecule has 0 bridgehead atoms. The maximum absolute atomic E-state index is 6.14. The zero-order chi connectivity index (χ0) is 14.6. The van der Waals surface area contributed by atoms with Gasteiger partial charge in [0.25, 0.3) is 0 Å². The number of aromatic nitrogens is 4.